The van der Waals surface area contributed by atoms with Crippen LogP contribution in [0, 0.1) is 5.82 Å². The van der Waals surface area contributed by atoms with Gasteiger partial charge in [0.25, 0.3) is 0 Å². The van der Waals surface area contributed by atoms with E-state index in [2.05, 4.69) is 15.6 Å². The van der Waals surface area contributed by atoms with E-state index < -0.39 is 11.7 Å². The van der Waals surface area contributed by atoms with Crippen molar-refractivity contribution in [1.29, 1.82) is 0 Å². The number of nitrogens with one attached hydrogen (secondary N) is 2. The van der Waals surface area contributed by atoms with E-state index >= 15 is 0 Å². The summed E-state index contributed by atoms with van der Waals surface area (Å²) in [5.41, 5.74) is 1.91. The minimum atomic E-state index is -0.622. The molecule has 0 unspecified atom stereocenters. The maximum absolute atomic E-state index is 13.3. The second-order valence-electron chi connectivity index (χ2n) is 5.55. The summed E-state index contributed by atoms with van der Waals surface area (Å²) in [5.74, 6) is -1.62. The fraction of sp³-hybridized carbons (Fsp3) is 0.235. The van der Waals surface area contributed by atoms with E-state index in [9.17, 15) is 14.0 Å². The van der Waals surface area contributed by atoms with Crippen LogP contribution in [-0.2, 0) is 9.59 Å². The van der Waals surface area contributed by atoms with Gasteiger partial charge in [-0.05, 0) is 42.3 Å². The molecule has 1 aliphatic rings. The third-order valence-corrected chi connectivity index (χ3v) is 3.94. The van der Waals surface area contributed by atoms with Crippen LogP contribution in [0.3, 0.4) is 0 Å². The van der Waals surface area contributed by atoms with E-state index in [0.29, 0.717) is 11.3 Å². The molecule has 2 aromatic rings. The molecule has 3 rings (SSSR count). The number of carbonyl (C=O) groups excluding carboxylic acids is 2. The SMILES string of the molecule is C[C@@H](NC(=O)[C@@H]1CC(=O)Nc2cc(F)ccc21)c1ccncc1. The number of pyridine rings is 1. The number of anilines is 1. The van der Waals surface area contributed by atoms with Crippen LogP contribution in [0.2, 0.25) is 0 Å². The summed E-state index contributed by atoms with van der Waals surface area (Å²) >= 11 is 0. The van der Waals surface area contributed by atoms with Crippen LogP contribution < -0.4 is 10.6 Å². The van der Waals surface area contributed by atoms with Crippen molar-refractivity contribution in [3.63, 3.8) is 0 Å². The van der Waals surface area contributed by atoms with Crippen molar-refractivity contribution >= 4 is 17.5 Å². The van der Waals surface area contributed by atoms with Gasteiger partial charge in [0.1, 0.15) is 5.82 Å². The zero-order chi connectivity index (χ0) is 16.4. The first-order valence-electron chi connectivity index (χ1n) is 7.34. The maximum atomic E-state index is 13.3. The number of fused-ring (bicyclic) bond motifs is 1. The molecule has 118 valence electrons. The Balaban J connectivity index is 1.81. The molecule has 0 saturated carbocycles. The van der Waals surface area contributed by atoms with Gasteiger partial charge in [-0.25, -0.2) is 4.39 Å². The topological polar surface area (TPSA) is 71.1 Å². The summed E-state index contributed by atoms with van der Waals surface area (Å²) in [4.78, 5) is 28.3. The minimum Gasteiger partial charge on any atom is -0.349 e. The highest BCUT2D eigenvalue weighted by Gasteiger charge is 2.31. The smallest absolute Gasteiger partial charge is 0.228 e. The van der Waals surface area contributed by atoms with Gasteiger partial charge in [-0.1, -0.05) is 6.07 Å². The molecule has 1 aromatic heterocycles. The molecule has 2 atom stereocenters. The standard InChI is InChI=1S/C17H16FN3O2/c1-10(11-4-6-19-7-5-11)20-17(23)14-9-16(22)21-15-8-12(18)2-3-13(14)15/h2-8,10,14H,9H2,1H3,(H,20,23)(H,21,22)/t10-,14-/m1/s1. The lowest BCUT2D eigenvalue weighted by atomic mass is 9.89. The Kier molecular flexibility index (Phi) is 4.06. The molecular formula is C17H16FN3O2. The second-order valence-corrected chi connectivity index (χ2v) is 5.55. The Labute approximate surface area is 132 Å². The van der Waals surface area contributed by atoms with E-state index in [0.717, 1.165) is 5.56 Å². The predicted octanol–water partition coefficient (Wildman–Crippen LogP) is 2.52. The molecule has 0 saturated heterocycles. The number of amides is 2. The lowest BCUT2D eigenvalue weighted by molar-refractivity contribution is -0.126. The minimum absolute atomic E-state index is 0.0491. The molecule has 0 aliphatic carbocycles. The first-order chi connectivity index (χ1) is 11.0. The van der Waals surface area contributed by atoms with Gasteiger partial charge in [-0.2, -0.15) is 0 Å². The summed E-state index contributed by atoms with van der Waals surface area (Å²) < 4.78 is 13.3. The van der Waals surface area contributed by atoms with E-state index in [-0.39, 0.29) is 24.3 Å². The van der Waals surface area contributed by atoms with Gasteiger partial charge in [0.05, 0.1) is 12.0 Å². The Hall–Kier alpha value is -2.76. The van der Waals surface area contributed by atoms with Crippen LogP contribution in [0.1, 0.15) is 36.4 Å². The fourth-order valence-electron chi connectivity index (χ4n) is 2.72. The fourth-order valence-corrected chi connectivity index (χ4v) is 2.72. The van der Waals surface area contributed by atoms with Crippen LogP contribution in [0.25, 0.3) is 0 Å². The van der Waals surface area contributed by atoms with Crippen molar-refractivity contribution in [2.24, 2.45) is 0 Å². The molecule has 0 fully saturated rings. The molecule has 6 heteroatoms. The molecule has 0 bridgehead atoms. The summed E-state index contributed by atoms with van der Waals surface area (Å²) in [6, 6.07) is 7.51. The highest BCUT2D eigenvalue weighted by Crippen LogP contribution is 2.33. The van der Waals surface area contributed by atoms with Gasteiger partial charge in [0, 0.05) is 24.5 Å². The highest BCUT2D eigenvalue weighted by molar-refractivity contribution is 6.01. The predicted molar refractivity (Wildman–Crippen MR) is 83.2 cm³/mol. The third-order valence-electron chi connectivity index (χ3n) is 3.94. The van der Waals surface area contributed by atoms with Crippen LogP contribution in [0.5, 0.6) is 0 Å². The molecule has 2 amide bonds. The molecular weight excluding hydrogens is 297 g/mol. The first-order valence-corrected chi connectivity index (χ1v) is 7.34. The van der Waals surface area contributed by atoms with Crippen molar-refractivity contribution in [2.75, 3.05) is 5.32 Å². The number of rotatable bonds is 3. The molecule has 2 N–H and O–H groups in total. The molecule has 23 heavy (non-hydrogen) atoms. The molecule has 1 aliphatic heterocycles. The molecule has 5 nitrogen and oxygen atoms in total. The van der Waals surface area contributed by atoms with Gasteiger partial charge < -0.3 is 10.6 Å². The number of carbonyl (C=O) groups is 2. The Morgan fingerprint density at radius 2 is 2.09 bits per heavy atom. The first kappa shape index (κ1) is 15.1. The van der Waals surface area contributed by atoms with Gasteiger partial charge >= 0.3 is 0 Å². The third kappa shape index (κ3) is 3.21. The highest BCUT2D eigenvalue weighted by atomic mass is 19.1. The zero-order valence-corrected chi connectivity index (χ0v) is 12.5. The number of halogens is 1. The van der Waals surface area contributed by atoms with E-state index in [1.54, 1.807) is 18.5 Å². The van der Waals surface area contributed by atoms with Gasteiger partial charge in [-0.15, -0.1) is 0 Å². The number of hydrogen-bond acceptors (Lipinski definition) is 3. The lowest BCUT2D eigenvalue weighted by Crippen LogP contribution is -2.36. The van der Waals surface area contributed by atoms with Crippen molar-refractivity contribution in [1.82, 2.24) is 10.3 Å². The molecule has 2 heterocycles. The summed E-state index contributed by atoms with van der Waals surface area (Å²) in [5, 5.41) is 5.50. The molecule has 0 radical (unpaired) electrons. The normalized spacial score (nSPS) is 17.8. The van der Waals surface area contributed by atoms with Gasteiger partial charge in [-0.3, -0.25) is 14.6 Å². The van der Waals surface area contributed by atoms with E-state index in [1.807, 2.05) is 19.1 Å². The summed E-state index contributed by atoms with van der Waals surface area (Å²) in [7, 11) is 0. The van der Waals surface area contributed by atoms with Crippen LogP contribution in [0.4, 0.5) is 10.1 Å². The number of benzene rings is 1. The number of hydrogen-bond donors (Lipinski definition) is 2. The molecule has 0 spiro atoms. The average molecular weight is 313 g/mol. The largest absolute Gasteiger partial charge is 0.349 e. The van der Waals surface area contributed by atoms with Crippen LogP contribution in [-0.4, -0.2) is 16.8 Å². The number of nitrogens with zero attached hydrogens (tertiary/aromatic N) is 1. The Morgan fingerprint density at radius 1 is 1.35 bits per heavy atom. The van der Waals surface area contributed by atoms with Crippen LogP contribution in [0.15, 0.2) is 42.7 Å². The summed E-state index contributed by atoms with van der Waals surface area (Å²) in [6.07, 6.45) is 3.36. The van der Waals surface area contributed by atoms with Crippen molar-refractivity contribution < 1.29 is 14.0 Å². The van der Waals surface area contributed by atoms with Crippen molar-refractivity contribution in [3.05, 3.63) is 59.7 Å². The monoisotopic (exact) mass is 313 g/mol. The zero-order valence-electron chi connectivity index (χ0n) is 12.5. The Morgan fingerprint density at radius 3 is 2.83 bits per heavy atom. The van der Waals surface area contributed by atoms with E-state index in [1.165, 1.54) is 12.1 Å². The van der Waals surface area contributed by atoms with Gasteiger partial charge in [0.2, 0.25) is 11.8 Å². The molecule has 1 aromatic carbocycles. The maximum Gasteiger partial charge on any atom is 0.228 e. The van der Waals surface area contributed by atoms with Crippen molar-refractivity contribution in [2.45, 2.75) is 25.3 Å². The van der Waals surface area contributed by atoms with Gasteiger partial charge in [0.15, 0.2) is 0 Å². The van der Waals surface area contributed by atoms with Crippen molar-refractivity contribution in [3.8, 4) is 0 Å². The van der Waals surface area contributed by atoms with Crippen LogP contribution >= 0.6 is 0 Å². The second kappa shape index (κ2) is 6.16. The van der Waals surface area contributed by atoms with E-state index in [4.69, 9.17) is 0 Å². The Bertz CT molecular complexity index is 749. The lowest BCUT2D eigenvalue weighted by Gasteiger charge is -2.26. The summed E-state index contributed by atoms with van der Waals surface area (Å²) in [6.45, 7) is 1.86. The average Bonchev–Trinajstić information content (AvgIpc) is 2.54. The number of aromatic nitrogens is 1. The quantitative estimate of drug-likeness (QED) is 0.914.